The van der Waals surface area contributed by atoms with Gasteiger partial charge in [-0.2, -0.15) is 0 Å². The van der Waals surface area contributed by atoms with E-state index in [1.165, 1.54) is 6.08 Å². The largest absolute Gasteiger partial charge is 0.496 e. The molecule has 0 spiro atoms. The maximum absolute atomic E-state index is 12.9. The molecule has 0 saturated heterocycles. The van der Waals surface area contributed by atoms with Crippen molar-refractivity contribution in [2.24, 2.45) is 7.05 Å². The van der Waals surface area contributed by atoms with Crippen molar-refractivity contribution in [3.05, 3.63) is 58.8 Å². The molecular weight excluding hydrogens is 366 g/mol. The second kappa shape index (κ2) is 7.76. The third kappa shape index (κ3) is 3.38. The third-order valence-corrected chi connectivity index (χ3v) is 4.87. The summed E-state index contributed by atoms with van der Waals surface area (Å²) in [4.78, 5) is 12.9. The number of ketones is 1. The van der Waals surface area contributed by atoms with Crippen LogP contribution in [0.2, 0.25) is 5.15 Å². The van der Waals surface area contributed by atoms with E-state index in [2.05, 4.69) is 0 Å². The first kappa shape index (κ1) is 18.9. The normalized spacial score (nSPS) is 11.1. The Hall–Kier alpha value is -2.92. The van der Waals surface area contributed by atoms with E-state index in [1.54, 1.807) is 44.1 Å². The Morgan fingerprint density at radius 3 is 2.30 bits per heavy atom. The zero-order valence-electron chi connectivity index (χ0n) is 15.6. The second-order valence-electron chi connectivity index (χ2n) is 5.89. The lowest BCUT2D eigenvalue weighted by atomic mass is 10.1. The Labute approximate surface area is 162 Å². The van der Waals surface area contributed by atoms with Crippen molar-refractivity contribution < 1.29 is 19.0 Å². The molecule has 0 aliphatic carbocycles. The summed E-state index contributed by atoms with van der Waals surface area (Å²) in [6.45, 7) is 0. The SMILES string of the molecule is COc1cc(OC)c(OC)cc1/C=C/C(=O)c1c(Cl)n(C)c2ccccc12. The summed E-state index contributed by atoms with van der Waals surface area (Å²) in [5.74, 6) is 1.48. The summed E-state index contributed by atoms with van der Waals surface area (Å²) in [6.07, 6.45) is 3.17. The maximum atomic E-state index is 12.9. The van der Waals surface area contributed by atoms with Gasteiger partial charge < -0.3 is 18.8 Å². The zero-order valence-corrected chi connectivity index (χ0v) is 16.3. The smallest absolute Gasteiger partial charge is 0.189 e. The number of methoxy groups -OCH3 is 3. The molecule has 0 fully saturated rings. The number of halogens is 1. The quantitative estimate of drug-likeness (QED) is 0.453. The van der Waals surface area contributed by atoms with E-state index in [4.69, 9.17) is 25.8 Å². The molecule has 5 nitrogen and oxygen atoms in total. The molecule has 0 aliphatic rings. The molecule has 0 bridgehead atoms. The fraction of sp³-hybridized carbons (Fsp3) is 0.190. The molecule has 1 aromatic heterocycles. The molecule has 3 aromatic rings. The van der Waals surface area contributed by atoms with Gasteiger partial charge in [0, 0.05) is 29.6 Å². The number of hydrogen-bond acceptors (Lipinski definition) is 4. The van der Waals surface area contributed by atoms with Gasteiger partial charge in [0.25, 0.3) is 0 Å². The van der Waals surface area contributed by atoms with Crippen LogP contribution in [-0.4, -0.2) is 31.7 Å². The summed E-state index contributed by atoms with van der Waals surface area (Å²) in [7, 11) is 6.50. The third-order valence-electron chi connectivity index (χ3n) is 4.43. The molecule has 1 heterocycles. The van der Waals surface area contributed by atoms with Crippen LogP contribution < -0.4 is 14.2 Å². The van der Waals surface area contributed by atoms with Gasteiger partial charge in [0.05, 0.1) is 26.9 Å². The number of ether oxygens (including phenoxy) is 3. The number of benzene rings is 2. The van der Waals surface area contributed by atoms with Crippen molar-refractivity contribution in [1.29, 1.82) is 0 Å². The Balaban J connectivity index is 2.02. The number of nitrogens with zero attached hydrogens (tertiary/aromatic N) is 1. The van der Waals surface area contributed by atoms with Crippen LogP contribution in [0.3, 0.4) is 0 Å². The van der Waals surface area contributed by atoms with Gasteiger partial charge in [-0.1, -0.05) is 29.8 Å². The van der Waals surface area contributed by atoms with Crippen LogP contribution in [0.25, 0.3) is 17.0 Å². The van der Waals surface area contributed by atoms with Crippen molar-refractivity contribution in [2.45, 2.75) is 0 Å². The van der Waals surface area contributed by atoms with Crippen LogP contribution in [0.15, 0.2) is 42.5 Å². The minimum Gasteiger partial charge on any atom is -0.496 e. The molecule has 0 saturated carbocycles. The summed E-state index contributed by atoms with van der Waals surface area (Å²) >= 11 is 6.41. The van der Waals surface area contributed by atoms with Gasteiger partial charge in [-0.25, -0.2) is 0 Å². The number of aromatic nitrogens is 1. The first-order chi connectivity index (χ1) is 13.0. The summed E-state index contributed by atoms with van der Waals surface area (Å²) in [5, 5.41) is 1.23. The predicted octanol–water partition coefficient (Wildman–Crippen LogP) is 4.75. The van der Waals surface area contributed by atoms with Crippen LogP contribution in [0.1, 0.15) is 15.9 Å². The summed E-state index contributed by atoms with van der Waals surface area (Å²) in [5.41, 5.74) is 2.08. The molecule has 0 atom stereocenters. The van der Waals surface area contributed by atoms with Crippen LogP contribution in [0.4, 0.5) is 0 Å². The van der Waals surface area contributed by atoms with Crippen molar-refractivity contribution in [3.63, 3.8) is 0 Å². The fourth-order valence-corrected chi connectivity index (χ4v) is 3.31. The summed E-state index contributed by atoms with van der Waals surface area (Å²) in [6, 6.07) is 11.1. The Morgan fingerprint density at radius 2 is 1.63 bits per heavy atom. The molecule has 0 amide bonds. The number of allylic oxidation sites excluding steroid dienone is 1. The molecule has 6 heteroatoms. The lowest BCUT2D eigenvalue weighted by Gasteiger charge is -2.12. The van der Waals surface area contributed by atoms with Gasteiger partial charge in [0.1, 0.15) is 10.9 Å². The Morgan fingerprint density at radius 1 is 1.00 bits per heavy atom. The number of aryl methyl sites for hydroxylation is 1. The van der Waals surface area contributed by atoms with Crippen molar-refractivity contribution in [1.82, 2.24) is 4.57 Å². The number of rotatable bonds is 6. The van der Waals surface area contributed by atoms with E-state index in [0.29, 0.717) is 33.5 Å². The number of fused-ring (bicyclic) bond motifs is 1. The molecule has 0 unspecified atom stereocenters. The van der Waals surface area contributed by atoms with Gasteiger partial charge >= 0.3 is 0 Å². The second-order valence-corrected chi connectivity index (χ2v) is 6.25. The number of para-hydroxylation sites is 1. The lowest BCUT2D eigenvalue weighted by Crippen LogP contribution is -1.97. The molecule has 140 valence electrons. The van der Waals surface area contributed by atoms with E-state index in [1.807, 2.05) is 31.3 Å². The molecule has 27 heavy (non-hydrogen) atoms. The van der Waals surface area contributed by atoms with Crippen LogP contribution in [0.5, 0.6) is 17.2 Å². The van der Waals surface area contributed by atoms with Crippen molar-refractivity contribution >= 4 is 34.4 Å². The first-order valence-electron chi connectivity index (χ1n) is 8.27. The number of carbonyl (C=O) groups excluding carboxylic acids is 1. The minimum atomic E-state index is -0.186. The molecular formula is C21H20ClNO4. The molecule has 0 aliphatic heterocycles. The zero-order chi connectivity index (χ0) is 19.6. The first-order valence-corrected chi connectivity index (χ1v) is 8.65. The molecule has 0 N–H and O–H groups in total. The number of carbonyl (C=O) groups is 1. The number of hydrogen-bond donors (Lipinski definition) is 0. The van der Waals surface area contributed by atoms with Gasteiger partial charge in [0.2, 0.25) is 0 Å². The van der Waals surface area contributed by atoms with Crippen molar-refractivity contribution in [2.75, 3.05) is 21.3 Å². The topological polar surface area (TPSA) is 49.7 Å². The monoisotopic (exact) mass is 385 g/mol. The van der Waals surface area contributed by atoms with E-state index in [0.717, 1.165) is 10.9 Å². The highest BCUT2D eigenvalue weighted by Gasteiger charge is 2.18. The average Bonchev–Trinajstić information content (AvgIpc) is 2.96. The summed E-state index contributed by atoms with van der Waals surface area (Å²) < 4.78 is 17.8. The molecule has 0 radical (unpaired) electrons. The van der Waals surface area contributed by atoms with E-state index >= 15 is 0 Å². The van der Waals surface area contributed by atoms with Gasteiger partial charge in [-0.3, -0.25) is 4.79 Å². The molecule has 2 aromatic carbocycles. The maximum Gasteiger partial charge on any atom is 0.189 e. The van der Waals surface area contributed by atoms with Crippen LogP contribution in [-0.2, 0) is 7.05 Å². The van der Waals surface area contributed by atoms with Crippen LogP contribution in [0, 0.1) is 0 Å². The Kier molecular flexibility index (Phi) is 5.42. The van der Waals surface area contributed by atoms with Gasteiger partial charge in [-0.05, 0) is 24.3 Å². The average molecular weight is 386 g/mol. The fourth-order valence-electron chi connectivity index (χ4n) is 3.03. The van der Waals surface area contributed by atoms with E-state index < -0.39 is 0 Å². The Bertz CT molecular complexity index is 1040. The van der Waals surface area contributed by atoms with Gasteiger partial charge in [-0.15, -0.1) is 0 Å². The highest BCUT2D eigenvalue weighted by Crippen LogP contribution is 2.35. The van der Waals surface area contributed by atoms with Crippen molar-refractivity contribution in [3.8, 4) is 17.2 Å². The van der Waals surface area contributed by atoms with Gasteiger partial charge in [0.15, 0.2) is 17.3 Å². The van der Waals surface area contributed by atoms with Crippen LogP contribution >= 0.6 is 11.6 Å². The highest BCUT2D eigenvalue weighted by atomic mass is 35.5. The minimum absolute atomic E-state index is 0.186. The highest BCUT2D eigenvalue weighted by molar-refractivity contribution is 6.36. The molecule has 3 rings (SSSR count). The standard InChI is InChI=1S/C21H20ClNO4/c1-23-15-8-6-5-7-14(15)20(21(23)22)16(24)10-9-13-11-18(26-3)19(27-4)12-17(13)25-2/h5-12H,1-4H3/b10-9+. The van der Waals surface area contributed by atoms with E-state index in [-0.39, 0.29) is 5.78 Å². The lowest BCUT2D eigenvalue weighted by molar-refractivity contribution is 0.104. The van der Waals surface area contributed by atoms with E-state index in [9.17, 15) is 4.79 Å². The predicted molar refractivity (Wildman–Crippen MR) is 107 cm³/mol.